The van der Waals surface area contributed by atoms with Gasteiger partial charge in [-0.1, -0.05) is 0 Å². The fourth-order valence-electron chi connectivity index (χ4n) is 2.22. The average Bonchev–Trinajstić information content (AvgIpc) is 2.46. The third-order valence-corrected chi connectivity index (χ3v) is 3.25. The number of aromatic nitrogens is 2. The van der Waals surface area contributed by atoms with Crippen LogP contribution in [0.1, 0.15) is 10.5 Å². The molecule has 0 radical (unpaired) electrons. The summed E-state index contributed by atoms with van der Waals surface area (Å²) in [5.41, 5.74) is 8.23. The molecular formula is C10H9ClN6O3. The molecule has 1 fully saturated rings. The van der Waals surface area contributed by atoms with E-state index in [1.54, 1.807) is 0 Å². The van der Waals surface area contributed by atoms with Crippen molar-refractivity contribution in [2.45, 2.75) is 6.04 Å². The lowest BCUT2D eigenvalue weighted by atomic mass is 10.2. The van der Waals surface area contributed by atoms with Gasteiger partial charge in [0.2, 0.25) is 5.28 Å². The zero-order valence-corrected chi connectivity index (χ0v) is 10.9. The van der Waals surface area contributed by atoms with Gasteiger partial charge in [-0.15, -0.1) is 0 Å². The van der Waals surface area contributed by atoms with Crippen LogP contribution in [0.2, 0.25) is 5.28 Å². The number of nitrogens with zero attached hydrogens (tertiary/aromatic N) is 6. The number of rotatable bonds is 1. The lowest BCUT2D eigenvalue weighted by molar-refractivity contribution is 0.0689. The van der Waals surface area contributed by atoms with Crippen molar-refractivity contribution in [2.75, 3.05) is 31.3 Å². The number of fused-ring (bicyclic) bond motifs is 3. The van der Waals surface area contributed by atoms with E-state index in [1.165, 1.54) is 0 Å². The Morgan fingerprint density at radius 3 is 3.15 bits per heavy atom. The third kappa shape index (κ3) is 2.11. The summed E-state index contributed by atoms with van der Waals surface area (Å²) in [5, 5.41) is 2.92. The fourth-order valence-corrected chi connectivity index (χ4v) is 2.39. The van der Waals surface area contributed by atoms with Crippen molar-refractivity contribution in [2.24, 2.45) is 5.11 Å². The van der Waals surface area contributed by atoms with Crippen molar-refractivity contribution < 1.29 is 14.3 Å². The van der Waals surface area contributed by atoms with Gasteiger partial charge in [0.05, 0.1) is 19.3 Å². The molecule has 0 bridgehead atoms. The van der Waals surface area contributed by atoms with Gasteiger partial charge >= 0.3 is 0 Å². The predicted octanol–water partition coefficient (Wildman–Crippen LogP) is 1.18. The first kappa shape index (κ1) is 12.9. The summed E-state index contributed by atoms with van der Waals surface area (Å²) in [5.74, 6) is -0.217. The number of anilines is 1. The smallest absolute Gasteiger partial charge is 0.271 e. The standard InChI is InChI=1S/C10H9ClN6O3/c11-10-13-6(9(18)15-16-12)7-8(14-10)17-1-2-19-3-5(17)4-20-7/h5H,1-4H2. The van der Waals surface area contributed by atoms with Gasteiger partial charge in [0.1, 0.15) is 6.61 Å². The highest BCUT2D eigenvalue weighted by Gasteiger charge is 2.35. The van der Waals surface area contributed by atoms with Crippen LogP contribution in [-0.4, -0.2) is 48.3 Å². The third-order valence-electron chi connectivity index (χ3n) is 3.08. The Balaban J connectivity index is 2.09. The molecule has 0 N–H and O–H groups in total. The van der Waals surface area contributed by atoms with Crippen molar-refractivity contribution in [1.82, 2.24) is 9.97 Å². The van der Waals surface area contributed by atoms with E-state index in [1.807, 2.05) is 4.90 Å². The van der Waals surface area contributed by atoms with E-state index >= 15 is 0 Å². The molecule has 0 spiro atoms. The summed E-state index contributed by atoms with van der Waals surface area (Å²) >= 11 is 5.83. The molecule has 104 valence electrons. The van der Waals surface area contributed by atoms with Crippen LogP contribution < -0.4 is 9.64 Å². The van der Waals surface area contributed by atoms with Gasteiger partial charge in [0, 0.05) is 11.5 Å². The Labute approximate surface area is 118 Å². The molecule has 3 heterocycles. The Morgan fingerprint density at radius 2 is 2.35 bits per heavy atom. The molecule has 1 atom stereocenters. The molecule has 10 heteroatoms. The lowest BCUT2D eigenvalue weighted by Crippen LogP contribution is -2.51. The molecule has 20 heavy (non-hydrogen) atoms. The number of morpholine rings is 1. The van der Waals surface area contributed by atoms with Crippen LogP contribution >= 0.6 is 11.6 Å². The summed E-state index contributed by atoms with van der Waals surface area (Å²) in [6, 6.07) is 0.0182. The van der Waals surface area contributed by atoms with Gasteiger partial charge in [-0.3, -0.25) is 4.79 Å². The van der Waals surface area contributed by atoms with Crippen LogP contribution in [0.3, 0.4) is 0 Å². The second kappa shape index (κ2) is 5.12. The minimum absolute atomic E-state index is 0.0182. The van der Waals surface area contributed by atoms with Crippen molar-refractivity contribution in [3.05, 3.63) is 21.4 Å². The summed E-state index contributed by atoms with van der Waals surface area (Å²) in [4.78, 5) is 24.1. The summed E-state index contributed by atoms with van der Waals surface area (Å²) in [6.45, 7) is 2.02. The van der Waals surface area contributed by atoms with E-state index < -0.39 is 5.91 Å². The van der Waals surface area contributed by atoms with E-state index in [9.17, 15) is 4.79 Å². The molecule has 0 aromatic carbocycles. The van der Waals surface area contributed by atoms with Crippen LogP contribution in [0.5, 0.6) is 5.75 Å². The molecular weight excluding hydrogens is 288 g/mol. The predicted molar refractivity (Wildman–Crippen MR) is 68.0 cm³/mol. The topological polar surface area (TPSA) is 113 Å². The lowest BCUT2D eigenvalue weighted by Gasteiger charge is -2.40. The molecule has 3 rings (SSSR count). The van der Waals surface area contributed by atoms with Gasteiger partial charge < -0.3 is 14.4 Å². The summed E-state index contributed by atoms with van der Waals surface area (Å²) in [6.07, 6.45) is 0. The number of azide groups is 1. The Hall–Kier alpha value is -2.09. The van der Waals surface area contributed by atoms with Gasteiger partial charge in [-0.25, -0.2) is 4.98 Å². The highest BCUT2D eigenvalue weighted by molar-refractivity contribution is 6.28. The quantitative estimate of drug-likeness (QED) is 0.333. The Morgan fingerprint density at radius 1 is 1.50 bits per heavy atom. The fraction of sp³-hybridized carbons (Fsp3) is 0.500. The molecule has 0 aliphatic carbocycles. The van der Waals surface area contributed by atoms with Crippen molar-refractivity contribution in [3.8, 4) is 5.75 Å². The van der Waals surface area contributed by atoms with E-state index in [4.69, 9.17) is 26.6 Å². The van der Waals surface area contributed by atoms with Crippen LogP contribution in [-0.2, 0) is 4.74 Å². The number of hydrogen-bond acceptors (Lipinski definition) is 6. The molecule has 0 saturated carbocycles. The molecule has 1 unspecified atom stereocenters. The number of hydrogen-bond donors (Lipinski definition) is 0. The van der Waals surface area contributed by atoms with Gasteiger partial charge in [-0.2, -0.15) is 4.98 Å². The summed E-state index contributed by atoms with van der Waals surface area (Å²) < 4.78 is 10.9. The monoisotopic (exact) mass is 296 g/mol. The highest BCUT2D eigenvalue weighted by Crippen LogP contribution is 2.36. The van der Waals surface area contributed by atoms with Gasteiger partial charge in [0.25, 0.3) is 5.91 Å². The van der Waals surface area contributed by atoms with Crippen molar-refractivity contribution >= 4 is 23.3 Å². The van der Waals surface area contributed by atoms with Gasteiger partial charge in [-0.05, 0) is 22.2 Å². The molecule has 1 aromatic rings. The largest absolute Gasteiger partial charge is 0.485 e. The molecule has 1 aromatic heterocycles. The van der Waals surface area contributed by atoms with Crippen LogP contribution in [0.4, 0.5) is 5.82 Å². The molecule has 2 aliphatic rings. The van der Waals surface area contributed by atoms with Gasteiger partial charge in [0.15, 0.2) is 17.3 Å². The maximum absolute atomic E-state index is 11.7. The Bertz CT molecular complexity index is 617. The second-order valence-electron chi connectivity index (χ2n) is 4.22. The number of amides is 1. The SMILES string of the molecule is [N-]=[N+]=NC(=O)c1nc(Cl)nc2c1OCC1COCCN21. The maximum atomic E-state index is 11.7. The molecule has 9 nitrogen and oxygen atoms in total. The van der Waals surface area contributed by atoms with E-state index in [0.717, 1.165) is 0 Å². The Kier molecular flexibility index (Phi) is 3.31. The maximum Gasteiger partial charge on any atom is 0.271 e. The zero-order chi connectivity index (χ0) is 14.1. The normalized spacial score (nSPS) is 20.2. The number of halogens is 1. The van der Waals surface area contributed by atoms with Crippen LogP contribution in [0.25, 0.3) is 10.4 Å². The highest BCUT2D eigenvalue weighted by atomic mass is 35.5. The number of carbonyl (C=O) groups excluding carboxylic acids is 1. The summed E-state index contributed by atoms with van der Waals surface area (Å²) in [7, 11) is 0. The van der Waals surface area contributed by atoms with Crippen LogP contribution in [0, 0.1) is 0 Å². The minimum Gasteiger partial charge on any atom is -0.485 e. The first-order valence-electron chi connectivity index (χ1n) is 5.85. The van der Waals surface area contributed by atoms with Crippen molar-refractivity contribution in [3.63, 3.8) is 0 Å². The van der Waals surface area contributed by atoms with E-state index in [2.05, 4.69) is 20.0 Å². The zero-order valence-electron chi connectivity index (χ0n) is 10.2. The second-order valence-corrected chi connectivity index (χ2v) is 4.56. The number of ether oxygens (including phenoxy) is 2. The van der Waals surface area contributed by atoms with E-state index in [0.29, 0.717) is 32.2 Å². The first-order chi connectivity index (χ1) is 9.70. The van der Waals surface area contributed by atoms with E-state index in [-0.39, 0.29) is 22.8 Å². The number of carbonyl (C=O) groups is 1. The first-order valence-corrected chi connectivity index (χ1v) is 6.22. The van der Waals surface area contributed by atoms with Crippen LogP contribution in [0.15, 0.2) is 5.11 Å². The molecule has 2 aliphatic heterocycles. The molecule has 1 saturated heterocycles. The minimum atomic E-state index is -0.847. The average molecular weight is 297 g/mol. The van der Waals surface area contributed by atoms with Crippen molar-refractivity contribution in [1.29, 1.82) is 0 Å². The molecule has 1 amide bonds.